The highest BCUT2D eigenvalue weighted by Gasteiger charge is 2.14. The Balaban J connectivity index is 1.79. The zero-order valence-corrected chi connectivity index (χ0v) is 14.6. The zero-order valence-electron chi connectivity index (χ0n) is 14.6. The lowest BCUT2D eigenvalue weighted by molar-refractivity contribution is 0.0924. The first-order valence-corrected chi connectivity index (χ1v) is 8.25. The van der Waals surface area contributed by atoms with Crippen molar-refractivity contribution in [3.05, 3.63) is 59.9 Å². The van der Waals surface area contributed by atoms with Gasteiger partial charge >= 0.3 is 0 Å². The molecule has 0 aliphatic rings. The molecule has 0 radical (unpaired) electrons. The summed E-state index contributed by atoms with van der Waals surface area (Å²) in [5.74, 6) is 1.21. The molecule has 2 aromatic heterocycles. The van der Waals surface area contributed by atoms with E-state index in [1.165, 1.54) is 17.2 Å². The first-order chi connectivity index (χ1) is 12.0. The minimum absolute atomic E-state index is 0.194. The van der Waals surface area contributed by atoms with Gasteiger partial charge in [0.25, 0.3) is 0 Å². The van der Waals surface area contributed by atoms with Gasteiger partial charge in [-0.2, -0.15) is 9.67 Å². The molecule has 0 aliphatic heterocycles. The molecule has 25 heavy (non-hydrogen) atoms. The molecule has 1 aromatic carbocycles. The molecule has 3 aromatic rings. The van der Waals surface area contributed by atoms with Crippen LogP contribution in [0.2, 0.25) is 0 Å². The first-order valence-electron chi connectivity index (χ1n) is 8.25. The summed E-state index contributed by atoms with van der Waals surface area (Å²) >= 11 is 0. The van der Waals surface area contributed by atoms with E-state index in [0.717, 1.165) is 11.1 Å². The third kappa shape index (κ3) is 3.91. The third-order valence-electron chi connectivity index (χ3n) is 3.92. The number of rotatable bonds is 5. The minimum atomic E-state index is -0.194. The summed E-state index contributed by atoms with van der Waals surface area (Å²) in [6, 6.07) is 12.1. The van der Waals surface area contributed by atoms with Crippen molar-refractivity contribution in [2.75, 3.05) is 5.32 Å². The lowest BCUT2D eigenvalue weighted by atomic mass is 10.0. The predicted octanol–water partition coefficient (Wildman–Crippen LogP) is 3.74. The van der Waals surface area contributed by atoms with E-state index in [1.54, 1.807) is 12.4 Å². The SMILES string of the molecule is CC(=O)n1nc(-c2cccnc2)nc1NCc1ccc(C(C)C)cc1. The summed E-state index contributed by atoms with van der Waals surface area (Å²) < 4.78 is 1.28. The largest absolute Gasteiger partial charge is 0.350 e. The monoisotopic (exact) mass is 335 g/mol. The second-order valence-electron chi connectivity index (χ2n) is 6.18. The highest BCUT2D eigenvalue weighted by atomic mass is 16.2. The number of hydrogen-bond donors (Lipinski definition) is 1. The van der Waals surface area contributed by atoms with Gasteiger partial charge in [-0.05, 0) is 29.2 Å². The lowest BCUT2D eigenvalue weighted by Crippen LogP contribution is -2.13. The van der Waals surface area contributed by atoms with Crippen LogP contribution in [-0.2, 0) is 6.54 Å². The van der Waals surface area contributed by atoms with Crippen molar-refractivity contribution >= 4 is 11.9 Å². The quantitative estimate of drug-likeness (QED) is 0.769. The van der Waals surface area contributed by atoms with Crippen molar-refractivity contribution in [3.8, 4) is 11.4 Å². The van der Waals surface area contributed by atoms with Crippen LogP contribution in [0.5, 0.6) is 0 Å². The van der Waals surface area contributed by atoms with Crippen molar-refractivity contribution in [2.24, 2.45) is 0 Å². The predicted molar refractivity (Wildman–Crippen MR) is 97.4 cm³/mol. The Bertz CT molecular complexity index is 853. The summed E-state index contributed by atoms with van der Waals surface area (Å²) in [5, 5.41) is 7.48. The molecule has 3 rings (SSSR count). The van der Waals surface area contributed by atoms with Crippen molar-refractivity contribution in [3.63, 3.8) is 0 Å². The molecule has 128 valence electrons. The van der Waals surface area contributed by atoms with Gasteiger partial charge < -0.3 is 5.32 Å². The fraction of sp³-hybridized carbons (Fsp3) is 0.263. The summed E-state index contributed by atoms with van der Waals surface area (Å²) in [7, 11) is 0. The highest BCUT2D eigenvalue weighted by Crippen LogP contribution is 2.18. The number of hydrogen-bond acceptors (Lipinski definition) is 5. The molecule has 2 heterocycles. The zero-order chi connectivity index (χ0) is 17.8. The number of pyridine rings is 1. The number of aromatic nitrogens is 4. The van der Waals surface area contributed by atoms with E-state index in [2.05, 4.69) is 58.5 Å². The second kappa shape index (κ2) is 7.25. The Morgan fingerprint density at radius 3 is 2.56 bits per heavy atom. The number of carbonyl (C=O) groups excluding carboxylic acids is 1. The van der Waals surface area contributed by atoms with Crippen LogP contribution < -0.4 is 5.32 Å². The van der Waals surface area contributed by atoms with E-state index >= 15 is 0 Å². The molecule has 0 saturated carbocycles. The molecular formula is C19H21N5O. The van der Waals surface area contributed by atoms with Crippen molar-refractivity contribution in [2.45, 2.75) is 33.2 Å². The minimum Gasteiger partial charge on any atom is -0.350 e. The molecular weight excluding hydrogens is 314 g/mol. The summed E-state index contributed by atoms with van der Waals surface area (Å²) in [6.07, 6.45) is 3.36. The average molecular weight is 335 g/mol. The molecule has 0 spiro atoms. The Labute approximate surface area is 146 Å². The maximum Gasteiger partial charge on any atom is 0.246 e. The molecule has 0 atom stereocenters. The van der Waals surface area contributed by atoms with Gasteiger partial charge in [-0.15, -0.1) is 5.10 Å². The Morgan fingerprint density at radius 2 is 1.96 bits per heavy atom. The summed E-state index contributed by atoms with van der Waals surface area (Å²) in [4.78, 5) is 20.4. The standard InChI is InChI=1S/C19H21N5O/c1-13(2)16-8-6-15(7-9-16)11-21-19-22-18(23-24(19)14(3)25)17-5-4-10-20-12-17/h4-10,12-13H,11H2,1-3H3,(H,21,22,23). The molecule has 0 amide bonds. The molecule has 1 N–H and O–H groups in total. The number of nitrogens with one attached hydrogen (secondary N) is 1. The van der Waals surface area contributed by atoms with E-state index in [0.29, 0.717) is 24.2 Å². The normalized spacial score (nSPS) is 10.9. The molecule has 0 unspecified atom stereocenters. The van der Waals surface area contributed by atoms with Crippen molar-refractivity contribution in [1.29, 1.82) is 0 Å². The van der Waals surface area contributed by atoms with Gasteiger partial charge in [-0.25, -0.2) is 0 Å². The van der Waals surface area contributed by atoms with Gasteiger partial charge in [0.2, 0.25) is 11.9 Å². The molecule has 0 saturated heterocycles. The maximum absolute atomic E-state index is 11.8. The molecule has 0 aliphatic carbocycles. The van der Waals surface area contributed by atoms with E-state index in [1.807, 2.05) is 12.1 Å². The van der Waals surface area contributed by atoms with Crippen molar-refractivity contribution < 1.29 is 4.79 Å². The van der Waals surface area contributed by atoms with Gasteiger partial charge in [0, 0.05) is 31.4 Å². The third-order valence-corrected chi connectivity index (χ3v) is 3.92. The maximum atomic E-state index is 11.8. The van der Waals surface area contributed by atoms with Gasteiger partial charge in [0.15, 0.2) is 5.82 Å². The molecule has 0 fully saturated rings. The molecule has 6 heteroatoms. The van der Waals surface area contributed by atoms with Crippen LogP contribution in [0, 0.1) is 0 Å². The second-order valence-corrected chi connectivity index (χ2v) is 6.18. The van der Waals surface area contributed by atoms with E-state index in [4.69, 9.17) is 0 Å². The molecule has 0 bridgehead atoms. The van der Waals surface area contributed by atoms with Crippen LogP contribution >= 0.6 is 0 Å². The van der Waals surface area contributed by atoms with Gasteiger partial charge in [-0.3, -0.25) is 9.78 Å². The fourth-order valence-corrected chi connectivity index (χ4v) is 2.46. The van der Waals surface area contributed by atoms with Crippen LogP contribution in [0.4, 0.5) is 5.95 Å². The van der Waals surface area contributed by atoms with Crippen LogP contribution in [-0.4, -0.2) is 25.7 Å². The van der Waals surface area contributed by atoms with Crippen LogP contribution in [0.1, 0.15) is 42.6 Å². The van der Waals surface area contributed by atoms with Gasteiger partial charge in [0.1, 0.15) is 0 Å². The topological polar surface area (TPSA) is 72.7 Å². The van der Waals surface area contributed by atoms with E-state index in [-0.39, 0.29) is 5.91 Å². The lowest BCUT2D eigenvalue weighted by Gasteiger charge is -2.08. The highest BCUT2D eigenvalue weighted by molar-refractivity contribution is 5.79. The first kappa shape index (κ1) is 16.8. The van der Waals surface area contributed by atoms with Crippen LogP contribution in [0.15, 0.2) is 48.8 Å². The van der Waals surface area contributed by atoms with Crippen LogP contribution in [0.25, 0.3) is 11.4 Å². The summed E-state index contributed by atoms with van der Waals surface area (Å²) in [6.45, 7) is 6.37. The Hall–Kier alpha value is -3.02. The number of nitrogens with zero attached hydrogens (tertiary/aromatic N) is 4. The number of carbonyl (C=O) groups is 1. The number of anilines is 1. The smallest absolute Gasteiger partial charge is 0.246 e. The Morgan fingerprint density at radius 1 is 1.20 bits per heavy atom. The number of benzene rings is 1. The van der Waals surface area contributed by atoms with E-state index < -0.39 is 0 Å². The molecule has 6 nitrogen and oxygen atoms in total. The van der Waals surface area contributed by atoms with Gasteiger partial charge in [-0.1, -0.05) is 38.1 Å². The Kier molecular flexibility index (Phi) is 4.88. The van der Waals surface area contributed by atoms with Gasteiger partial charge in [0.05, 0.1) is 0 Å². The van der Waals surface area contributed by atoms with Crippen molar-refractivity contribution in [1.82, 2.24) is 19.7 Å². The average Bonchev–Trinajstić information content (AvgIpc) is 3.05. The van der Waals surface area contributed by atoms with E-state index in [9.17, 15) is 4.79 Å². The fourth-order valence-electron chi connectivity index (χ4n) is 2.46. The van der Waals surface area contributed by atoms with Crippen LogP contribution in [0.3, 0.4) is 0 Å². The summed E-state index contributed by atoms with van der Waals surface area (Å²) in [5.41, 5.74) is 3.19.